The molecule has 1 atom stereocenters. The lowest BCUT2D eigenvalue weighted by molar-refractivity contribution is -0.139. The third-order valence-electron chi connectivity index (χ3n) is 4.00. The van der Waals surface area contributed by atoms with Crippen molar-refractivity contribution in [2.75, 3.05) is 11.9 Å². The highest BCUT2D eigenvalue weighted by molar-refractivity contribution is 5.97. The zero-order valence-corrected chi connectivity index (χ0v) is 16.1. The molecule has 24 heavy (non-hydrogen) atoms. The Hall–Kier alpha value is -1.55. The van der Waals surface area contributed by atoms with E-state index in [-0.39, 0.29) is 12.0 Å². The first-order valence-corrected chi connectivity index (χ1v) is 9.05. The second-order valence-corrected chi connectivity index (χ2v) is 6.72. The molecule has 4 heteroatoms. The first-order valence-electron chi connectivity index (χ1n) is 9.05. The molecule has 0 radical (unpaired) electrons. The van der Waals surface area contributed by atoms with Crippen LogP contribution in [0, 0.1) is 6.92 Å². The summed E-state index contributed by atoms with van der Waals surface area (Å²) in [5.41, 5.74) is 0.992. The van der Waals surface area contributed by atoms with Crippen molar-refractivity contribution in [2.24, 2.45) is 0 Å². The predicted molar refractivity (Wildman–Crippen MR) is 99.7 cm³/mol. The molecule has 0 fully saturated rings. The van der Waals surface area contributed by atoms with Crippen LogP contribution in [-0.2, 0) is 9.53 Å². The Bertz CT molecular complexity index is 528. The molecule has 0 saturated carbocycles. The highest BCUT2D eigenvalue weighted by Gasteiger charge is 2.33. The zero-order valence-electron chi connectivity index (χ0n) is 16.1. The standard InChI is InChI=1S/C20H33NO3/c1-7-9-10-13-20(6,23-8-2)19(22)21-17-11-12-18(16(5)14-17)24-15(3)4/h11-12,14-15H,7-10,13H2,1-6H3,(H,21,22). The minimum atomic E-state index is -0.787. The second-order valence-electron chi connectivity index (χ2n) is 6.72. The minimum absolute atomic E-state index is 0.0858. The molecule has 136 valence electrons. The van der Waals surface area contributed by atoms with E-state index in [1.54, 1.807) is 0 Å². The summed E-state index contributed by atoms with van der Waals surface area (Å²) in [6, 6.07) is 5.72. The van der Waals surface area contributed by atoms with Gasteiger partial charge in [0.2, 0.25) is 0 Å². The van der Waals surface area contributed by atoms with E-state index in [2.05, 4.69) is 12.2 Å². The SMILES string of the molecule is CCCCCC(C)(OCC)C(=O)Nc1ccc(OC(C)C)c(C)c1. The maximum Gasteiger partial charge on any atom is 0.256 e. The lowest BCUT2D eigenvalue weighted by Crippen LogP contribution is -2.42. The summed E-state index contributed by atoms with van der Waals surface area (Å²) in [5, 5.41) is 3.00. The van der Waals surface area contributed by atoms with Gasteiger partial charge in [-0.1, -0.05) is 26.2 Å². The molecule has 0 heterocycles. The molecule has 0 aliphatic heterocycles. The van der Waals surface area contributed by atoms with E-state index in [1.165, 1.54) is 0 Å². The van der Waals surface area contributed by atoms with Crippen LogP contribution in [0.2, 0.25) is 0 Å². The van der Waals surface area contributed by atoms with Crippen LogP contribution >= 0.6 is 0 Å². The first-order chi connectivity index (χ1) is 11.3. The van der Waals surface area contributed by atoms with Crippen LogP contribution in [0.5, 0.6) is 5.75 Å². The van der Waals surface area contributed by atoms with Gasteiger partial charge in [0.1, 0.15) is 11.4 Å². The van der Waals surface area contributed by atoms with Gasteiger partial charge in [-0.2, -0.15) is 0 Å². The molecule has 0 spiro atoms. The summed E-state index contributed by atoms with van der Waals surface area (Å²) >= 11 is 0. The van der Waals surface area contributed by atoms with Crippen molar-refractivity contribution in [3.8, 4) is 5.75 Å². The number of aryl methyl sites for hydroxylation is 1. The number of rotatable bonds is 10. The van der Waals surface area contributed by atoms with Gasteiger partial charge in [-0.15, -0.1) is 0 Å². The van der Waals surface area contributed by atoms with Crippen molar-refractivity contribution >= 4 is 11.6 Å². The molecule has 0 saturated heterocycles. The van der Waals surface area contributed by atoms with Crippen molar-refractivity contribution in [3.05, 3.63) is 23.8 Å². The average molecular weight is 335 g/mol. The van der Waals surface area contributed by atoms with Crippen LogP contribution in [0.3, 0.4) is 0 Å². The van der Waals surface area contributed by atoms with Gasteiger partial charge in [0.25, 0.3) is 5.91 Å². The summed E-state index contributed by atoms with van der Waals surface area (Å²) in [4.78, 5) is 12.7. The molecular weight excluding hydrogens is 302 g/mol. The molecule has 1 aromatic carbocycles. The van der Waals surface area contributed by atoms with Crippen molar-refractivity contribution in [1.82, 2.24) is 0 Å². The number of hydrogen-bond acceptors (Lipinski definition) is 3. The van der Waals surface area contributed by atoms with Crippen LogP contribution in [0.15, 0.2) is 18.2 Å². The number of carbonyl (C=O) groups is 1. The van der Waals surface area contributed by atoms with Crippen LogP contribution in [-0.4, -0.2) is 24.2 Å². The van der Waals surface area contributed by atoms with Gasteiger partial charge in [-0.25, -0.2) is 0 Å². The first kappa shape index (κ1) is 20.5. The Morgan fingerprint density at radius 2 is 1.96 bits per heavy atom. The van der Waals surface area contributed by atoms with Crippen LogP contribution in [0.4, 0.5) is 5.69 Å². The average Bonchev–Trinajstić information content (AvgIpc) is 2.50. The van der Waals surface area contributed by atoms with Gasteiger partial charge in [-0.05, 0) is 64.8 Å². The molecule has 0 bridgehead atoms. The monoisotopic (exact) mass is 335 g/mol. The Kier molecular flexibility index (Phi) is 8.26. The number of amides is 1. The molecule has 1 rings (SSSR count). The van der Waals surface area contributed by atoms with Crippen LogP contribution in [0.25, 0.3) is 0 Å². The third kappa shape index (κ3) is 6.16. The lowest BCUT2D eigenvalue weighted by Gasteiger charge is -2.28. The summed E-state index contributed by atoms with van der Waals surface area (Å²) in [6.45, 7) is 12.5. The smallest absolute Gasteiger partial charge is 0.256 e. The number of benzene rings is 1. The third-order valence-corrected chi connectivity index (χ3v) is 4.00. The molecule has 1 amide bonds. The van der Waals surface area contributed by atoms with Crippen molar-refractivity contribution < 1.29 is 14.3 Å². The van der Waals surface area contributed by atoms with Gasteiger partial charge in [-0.3, -0.25) is 4.79 Å². The molecule has 0 aromatic heterocycles. The zero-order chi connectivity index (χ0) is 18.2. The van der Waals surface area contributed by atoms with E-state index in [4.69, 9.17) is 9.47 Å². The lowest BCUT2D eigenvalue weighted by atomic mass is 9.96. The van der Waals surface area contributed by atoms with E-state index in [1.807, 2.05) is 52.8 Å². The van der Waals surface area contributed by atoms with E-state index >= 15 is 0 Å². The quantitative estimate of drug-likeness (QED) is 0.605. The van der Waals surface area contributed by atoms with E-state index in [0.717, 1.165) is 42.7 Å². The second kappa shape index (κ2) is 9.67. The Morgan fingerprint density at radius 1 is 1.25 bits per heavy atom. The summed E-state index contributed by atoms with van der Waals surface area (Å²) in [5.74, 6) is 0.760. The molecule has 1 N–H and O–H groups in total. The highest BCUT2D eigenvalue weighted by atomic mass is 16.5. The van der Waals surface area contributed by atoms with Gasteiger partial charge < -0.3 is 14.8 Å². The van der Waals surface area contributed by atoms with Gasteiger partial charge in [0.05, 0.1) is 6.10 Å². The Morgan fingerprint density at radius 3 is 2.50 bits per heavy atom. The van der Waals surface area contributed by atoms with Crippen LogP contribution in [0.1, 0.15) is 65.9 Å². The van der Waals surface area contributed by atoms with Gasteiger partial charge >= 0.3 is 0 Å². The van der Waals surface area contributed by atoms with Gasteiger partial charge in [0, 0.05) is 12.3 Å². The van der Waals surface area contributed by atoms with E-state index < -0.39 is 5.60 Å². The normalized spacial score (nSPS) is 13.6. The summed E-state index contributed by atoms with van der Waals surface area (Å²) in [7, 11) is 0. The topological polar surface area (TPSA) is 47.6 Å². The highest BCUT2D eigenvalue weighted by Crippen LogP contribution is 2.26. The number of hydrogen-bond donors (Lipinski definition) is 1. The van der Waals surface area contributed by atoms with Gasteiger partial charge in [0.15, 0.2) is 0 Å². The molecule has 1 unspecified atom stereocenters. The number of nitrogens with one attached hydrogen (secondary N) is 1. The van der Waals surface area contributed by atoms with Crippen molar-refractivity contribution in [1.29, 1.82) is 0 Å². The molecular formula is C20H33NO3. The van der Waals surface area contributed by atoms with E-state index in [0.29, 0.717) is 6.61 Å². The fraction of sp³-hybridized carbons (Fsp3) is 0.650. The van der Waals surface area contributed by atoms with Crippen molar-refractivity contribution in [2.45, 2.75) is 78.9 Å². The molecule has 0 aliphatic rings. The predicted octanol–water partition coefficient (Wildman–Crippen LogP) is 5.10. The summed E-state index contributed by atoms with van der Waals surface area (Å²) < 4.78 is 11.5. The number of unbranched alkanes of at least 4 members (excludes halogenated alkanes) is 2. The van der Waals surface area contributed by atoms with Crippen LogP contribution < -0.4 is 10.1 Å². The largest absolute Gasteiger partial charge is 0.491 e. The van der Waals surface area contributed by atoms with Crippen molar-refractivity contribution in [3.63, 3.8) is 0 Å². The molecule has 1 aromatic rings. The summed E-state index contributed by atoms with van der Waals surface area (Å²) in [6.07, 6.45) is 4.08. The number of carbonyl (C=O) groups excluding carboxylic acids is 1. The number of ether oxygens (including phenoxy) is 2. The Balaban J connectivity index is 2.81. The maximum absolute atomic E-state index is 12.7. The number of anilines is 1. The fourth-order valence-electron chi connectivity index (χ4n) is 2.66. The fourth-order valence-corrected chi connectivity index (χ4v) is 2.66. The molecule has 0 aliphatic carbocycles. The molecule has 4 nitrogen and oxygen atoms in total. The van der Waals surface area contributed by atoms with E-state index in [9.17, 15) is 4.79 Å². The minimum Gasteiger partial charge on any atom is -0.491 e. The maximum atomic E-state index is 12.7. The Labute approximate surface area is 146 Å².